The third kappa shape index (κ3) is 7.21. The van der Waals surface area contributed by atoms with Gasteiger partial charge in [0.05, 0.1) is 7.11 Å². The van der Waals surface area contributed by atoms with Gasteiger partial charge in [-0.1, -0.05) is 68.4 Å². The molecule has 1 amide bonds. The van der Waals surface area contributed by atoms with Crippen molar-refractivity contribution in [3.8, 4) is 23.3 Å². The van der Waals surface area contributed by atoms with E-state index in [4.69, 9.17) is 14.2 Å². The molecule has 0 saturated heterocycles. The van der Waals surface area contributed by atoms with E-state index in [-0.39, 0.29) is 29.6 Å². The summed E-state index contributed by atoms with van der Waals surface area (Å²) in [7, 11) is 1.44. The van der Waals surface area contributed by atoms with Crippen LogP contribution in [-0.2, 0) is 16.1 Å². The van der Waals surface area contributed by atoms with Crippen LogP contribution in [0.2, 0.25) is 0 Å². The topological polar surface area (TPSA) is 97.6 Å². The molecular formula is C29H28N2O5. The molecule has 7 heteroatoms. The number of hydrogen-bond acceptors (Lipinski definition) is 6. The Morgan fingerprint density at radius 1 is 0.972 bits per heavy atom. The number of carbonyl (C=O) groups is 2. The quantitative estimate of drug-likeness (QED) is 0.188. The van der Waals surface area contributed by atoms with Gasteiger partial charge in [-0.3, -0.25) is 4.79 Å². The van der Waals surface area contributed by atoms with E-state index >= 15 is 0 Å². The van der Waals surface area contributed by atoms with Gasteiger partial charge in [-0.2, -0.15) is 5.26 Å². The van der Waals surface area contributed by atoms with Gasteiger partial charge in [0.25, 0.3) is 5.91 Å². The van der Waals surface area contributed by atoms with Crippen molar-refractivity contribution in [2.45, 2.75) is 26.3 Å². The summed E-state index contributed by atoms with van der Waals surface area (Å²) in [5.74, 6) is 0.278. The fourth-order valence-corrected chi connectivity index (χ4v) is 3.42. The third-order valence-corrected chi connectivity index (χ3v) is 5.27. The van der Waals surface area contributed by atoms with Crippen molar-refractivity contribution >= 4 is 18.0 Å². The predicted molar refractivity (Wildman–Crippen MR) is 137 cm³/mol. The highest BCUT2D eigenvalue weighted by molar-refractivity contribution is 6.01. The largest absolute Gasteiger partial charge is 0.493 e. The molecule has 3 rings (SSSR count). The minimum Gasteiger partial charge on any atom is -0.493 e. The van der Waals surface area contributed by atoms with Gasteiger partial charge < -0.3 is 19.5 Å². The van der Waals surface area contributed by atoms with Crippen LogP contribution in [0.3, 0.4) is 0 Å². The average molecular weight is 485 g/mol. The van der Waals surface area contributed by atoms with Crippen LogP contribution >= 0.6 is 0 Å². The maximum Gasteiger partial charge on any atom is 0.349 e. The monoisotopic (exact) mass is 484 g/mol. The Bertz CT molecular complexity index is 1280. The number of methoxy groups -OCH3 is 1. The summed E-state index contributed by atoms with van der Waals surface area (Å²) in [5.41, 5.74) is 2.41. The van der Waals surface area contributed by atoms with E-state index in [1.807, 2.05) is 74.5 Å². The molecule has 3 aromatic carbocycles. The lowest BCUT2D eigenvalue weighted by atomic mass is 10.0. The molecule has 0 atom stereocenters. The van der Waals surface area contributed by atoms with E-state index in [2.05, 4.69) is 5.32 Å². The number of nitrogens with zero attached hydrogens (tertiary/aromatic N) is 1. The number of ether oxygens (including phenoxy) is 3. The SMILES string of the molecule is COc1cc(/C=C(\C#N)C(=O)NCc2ccccc2)ccc1OC(=O)COc1ccccc1C(C)C. The van der Waals surface area contributed by atoms with Crippen LogP contribution < -0.4 is 19.5 Å². The van der Waals surface area contributed by atoms with E-state index in [0.29, 0.717) is 17.9 Å². The van der Waals surface area contributed by atoms with E-state index < -0.39 is 11.9 Å². The van der Waals surface area contributed by atoms with Gasteiger partial charge in [0, 0.05) is 6.54 Å². The number of rotatable bonds is 10. The lowest BCUT2D eigenvalue weighted by molar-refractivity contribution is -0.136. The first-order chi connectivity index (χ1) is 17.4. The molecule has 7 nitrogen and oxygen atoms in total. The first kappa shape index (κ1) is 26.0. The van der Waals surface area contributed by atoms with Gasteiger partial charge in [0.15, 0.2) is 18.1 Å². The highest BCUT2D eigenvalue weighted by atomic mass is 16.6. The lowest BCUT2D eigenvalue weighted by Gasteiger charge is -2.14. The Kier molecular flexibility index (Phi) is 9.24. The molecule has 36 heavy (non-hydrogen) atoms. The molecule has 0 aromatic heterocycles. The smallest absolute Gasteiger partial charge is 0.349 e. The van der Waals surface area contributed by atoms with Gasteiger partial charge in [-0.25, -0.2) is 4.79 Å². The standard InChI is InChI=1S/C29H28N2O5/c1-20(2)24-11-7-8-12-25(24)35-19-28(32)36-26-14-13-22(16-27(26)34-3)15-23(17-30)29(33)31-18-21-9-5-4-6-10-21/h4-16,20H,18-19H2,1-3H3,(H,31,33)/b23-15+. The first-order valence-electron chi connectivity index (χ1n) is 11.5. The number of benzene rings is 3. The van der Waals surface area contributed by atoms with Crippen LogP contribution in [0.15, 0.2) is 78.4 Å². The number of esters is 1. The van der Waals surface area contributed by atoms with E-state index in [1.54, 1.807) is 18.2 Å². The van der Waals surface area contributed by atoms with Crippen LogP contribution in [0.4, 0.5) is 0 Å². The Balaban J connectivity index is 1.65. The minimum atomic E-state index is -0.590. The summed E-state index contributed by atoms with van der Waals surface area (Å²) >= 11 is 0. The fourth-order valence-electron chi connectivity index (χ4n) is 3.42. The van der Waals surface area contributed by atoms with Crippen molar-refractivity contribution in [2.75, 3.05) is 13.7 Å². The molecule has 184 valence electrons. The Hall–Kier alpha value is -4.57. The summed E-state index contributed by atoms with van der Waals surface area (Å²) in [6, 6.07) is 23.6. The zero-order chi connectivity index (χ0) is 25.9. The van der Waals surface area contributed by atoms with Crippen molar-refractivity contribution in [1.82, 2.24) is 5.32 Å². The molecule has 0 saturated carbocycles. The molecule has 0 radical (unpaired) electrons. The van der Waals surface area contributed by atoms with Crippen LogP contribution in [0.1, 0.15) is 36.5 Å². The Labute approximate surface area is 210 Å². The molecule has 1 N–H and O–H groups in total. The molecule has 0 aliphatic carbocycles. The molecule has 0 aliphatic heterocycles. The number of carbonyl (C=O) groups excluding carboxylic acids is 2. The van der Waals surface area contributed by atoms with Gasteiger partial charge in [-0.15, -0.1) is 0 Å². The normalized spacial score (nSPS) is 10.9. The zero-order valence-corrected chi connectivity index (χ0v) is 20.5. The predicted octanol–water partition coefficient (Wildman–Crippen LogP) is 5.03. The summed E-state index contributed by atoms with van der Waals surface area (Å²) in [6.07, 6.45) is 1.44. The summed E-state index contributed by atoms with van der Waals surface area (Å²) in [5, 5.41) is 12.2. The lowest BCUT2D eigenvalue weighted by Crippen LogP contribution is -2.23. The molecule has 3 aromatic rings. The van der Waals surface area contributed by atoms with Gasteiger partial charge in [-0.05, 0) is 46.9 Å². The average Bonchev–Trinajstić information content (AvgIpc) is 2.90. The van der Waals surface area contributed by atoms with Crippen molar-refractivity contribution in [2.24, 2.45) is 0 Å². The molecule has 0 heterocycles. The number of nitriles is 1. The number of amides is 1. The van der Waals surface area contributed by atoms with Gasteiger partial charge >= 0.3 is 5.97 Å². The van der Waals surface area contributed by atoms with E-state index in [9.17, 15) is 14.9 Å². The van der Waals surface area contributed by atoms with E-state index in [1.165, 1.54) is 13.2 Å². The second kappa shape index (κ2) is 12.8. The van der Waals surface area contributed by atoms with Crippen molar-refractivity contribution in [3.05, 3.63) is 95.1 Å². The highest BCUT2D eigenvalue weighted by Gasteiger charge is 2.15. The van der Waals surface area contributed by atoms with Crippen LogP contribution in [0.5, 0.6) is 17.2 Å². The minimum absolute atomic E-state index is 0.0602. The fraction of sp³-hybridized carbons (Fsp3) is 0.207. The van der Waals surface area contributed by atoms with Gasteiger partial charge in [0.2, 0.25) is 0 Å². The number of nitrogens with one attached hydrogen (secondary N) is 1. The Morgan fingerprint density at radius 2 is 1.69 bits per heavy atom. The zero-order valence-electron chi connectivity index (χ0n) is 20.5. The van der Waals surface area contributed by atoms with Crippen LogP contribution in [0.25, 0.3) is 6.08 Å². The van der Waals surface area contributed by atoms with Crippen molar-refractivity contribution in [3.63, 3.8) is 0 Å². The molecule has 0 unspecified atom stereocenters. The maximum atomic E-state index is 12.5. The molecule has 0 spiro atoms. The second-order valence-corrected chi connectivity index (χ2v) is 8.20. The summed E-state index contributed by atoms with van der Waals surface area (Å²) in [6.45, 7) is 4.13. The molecular weight excluding hydrogens is 456 g/mol. The van der Waals surface area contributed by atoms with Crippen LogP contribution in [-0.4, -0.2) is 25.6 Å². The second-order valence-electron chi connectivity index (χ2n) is 8.20. The first-order valence-corrected chi connectivity index (χ1v) is 11.5. The summed E-state index contributed by atoms with van der Waals surface area (Å²) < 4.78 is 16.4. The maximum absolute atomic E-state index is 12.5. The van der Waals surface area contributed by atoms with Gasteiger partial charge in [0.1, 0.15) is 17.4 Å². The molecule has 0 aliphatic rings. The summed E-state index contributed by atoms with van der Waals surface area (Å²) in [4.78, 5) is 24.9. The van der Waals surface area contributed by atoms with Crippen molar-refractivity contribution < 1.29 is 23.8 Å². The third-order valence-electron chi connectivity index (χ3n) is 5.27. The number of para-hydroxylation sites is 1. The number of hydrogen-bond donors (Lipinski definition) is 1. The molecule has 0 bridgehead atoms. The van der Waals surface area contributed by atoms with Crippen molar-refractivity contribution in [1.29, 1.82) is 5.26 Å². The highest BCUT2D eigenvalue weighted by Crippen LogP contribution is 2.30. The Morgan fingerprint density at radius 3 is 2.39 bits per heavy atom. The van der Waals surface area contributed by atoms with E-state index in [0.717, 1.165) is 11.1 Å². The van der Waals surface area contributed by atoms with Crippen LogP contribution in [0, 0.1) is 11.3 Å². The molecule has 0 fully saturated rings.